The molecule has 0 fully saturated rings. The number of aryl methyl sites for hydroxylation is 2. The molecule has 0 amide bonds. The summed E-state index contributed by atoms with van der Waals surface area (Å²) in [5, 5.41) is 5.72. The van der Waals surface area contributed by atoms with Gasteiger partial charge in [-0.05, 0) is 25.1 Å². The Morgan fingerprint density at radius 1 is 1.23 bits per heavy atom. The van der Waals surface area contributed by atoms with Gasteiger partial charge in [0, 0.05) is 37.4 Å². The van der Waals surface area contributed by atoms with Gasteiger partial charge in [-0.2, -0.15) is 4.31 Å². The van der Waals surface area contributed by atoms with Crippen LogP contribution < -0.4 is 5.32 Å². The largest absolute Gasteiger partial charge is 0.454 e. The molecule has 0 aliphatic heterocycles. The summed E-state index contributed by atoms with van der Waals surface area (Å²) in [7, 11) is -2.03. The van der Waals surface area contributed by atoms with Crippen molar-refractivity contribution in [2.45, 2.75) is 32.3 Å². The molecule has 8 nitrogen and oxygen atoms in total. The van der Waals surface area contributed by atoms with Crippen LogP contribution in [0.4, 0.5) is 10.8 Å². The Kier molecular flexibility index (Phi) is 7.14. The number of nitrogens with zero attached hydrogens (tertiary/aromatic N) is 3. The van der Waals surface area contributed by atoms with E-state index in [1.54, 1.807) is 20.9 Å². The van der Waals surface area contributed by atoms with Gasteiger partial charge in [0.15, 0.2) is 5.13 Å². The second-order valence-corrected chi connectivity index (χ2v) is 9.77. The zero-order chi connectivity index (χ0) is 22.6. The Morgan fingerprint density at radius 3 is 2.55 bits per heavy atom. The lowest BCUT2D eigenvalue weighted by Gasteiger charge is -2.17. The average Bonchev–Trinajstić information content (AvgIpc) is 3.35. The van der Waals surface area contributed by atoms with Gasteiger partial charge in [0.2, 0.25) is 10.0 Å². The number of benzene rings is 1. The first-order valence-electron chi connectivity index (χ1n) is 9.86. The molecule has 1 N–H and O–H groups in total. The van der Waals surface area contributed by atoms with Crippen LogP contribution in [-0.4, -0.2) is 41.3 Å². The maximum atomic E-state index is 12.7. The summed E-state index contributed by atoms with van der Waals surface area (Å²) in [4.78, 5) is 17.0. The van der Waals surface area contributed by atoms with E-state index in [0.717, 1.165) is 5.69 Å². The molecule has 0 spiro atoms. The highest BCUT2D eigenvalue weighted by molar-refractivity contribution is 7.89. The molecule has 2 heterocycles. The van der Waals surface area contributed by atoms with E-state index in [2.05, 4.69) is 10.3 Å². The van der Waals surface area contributed by atoms with Crippen molar-refractivity contribution in [1.29, 1.82) is 0 Å². The number of carbonyl (C=O) groups excluding carboxylic acids is 1. The molecule has 0 saturated carbocycles. The zero-order valence-corrected chi connectivity index (χ0v) is 19.6. The quantitative estimate of drug-likeness (QED) is 0.485. The van der Waals surface area contributed by atoms with Crippen molar-refractivity contribution in [2.24, 2.45) is 7.05 Å². The highest BCUT2D eigenvalue weighted by Gasteiger charge is 2.26. The normalized spacial score (nSPS) is 11.6. The van der Waals surface area contributed by atoms with Crippen LogP contribution in [-0.2, 0) is 28.4 Å². The van der Waals surface area contributed by atoms with Crippen molar-refractivity contribution in [2.75, 3.05) is 18.4 Å². The van der Waals surface area contributed by atoms with E-state index in [4.69, 9.17) is 4.74 Å². The summed E-state index contributed by atoms with van der Waals surface area (Å²) in [6, 6.07) is 9.30. The highest BCUT2D eigenvalue weighted by atomic mass is 32.2. The van der Waals surface area contributed by atoms with Gasteiger partial charge in [0.25, 0.3) is 0 Å². The second-order valence-electron chi connectivity index (χ2n) is 6.97. The second kappa shape index (κ2) is 9.63. The number of carbonyl (C=O) groups is 1. The molecule has 166 valence electrons. The number of rotatable bonds is 9. The van der Waals surface area contributed by atoms with Gasteiger partial charge in [-0.25, -0.2) is 18.2 Å². The van der Waals surface area contributed by atoms with Gasteiger partial charge in [-0.3, -0.25) is 0 Å². The highest BCUT2D eigenvalue weighted by Crippen LogP contribution is 2.23. The summed E-state index contributed by atoms with van der Waals surface area (Å²) in [5.74, 6) is -0.607. The Balaban J connectivity index is 1.64. The number of sulfonamides is 1. The number of esters is 1. The third-order valence-electron chi connectivity index (χ3n) is 4.74. The molecule has 3 aromatic rings. The molecule has 1 aromatic carbocycles. The summed E-state index contributed by atoms with van der Waals surface area (Å²) >= 11 is 1.41. The summed E-state index contributed by atoms with van der Waals surface area (Å²) in [6.07, 6.45) is 1.43. The molecule has 0 unspecified atom stereocenters. The monoisotopic (exact) mass is 462 g/mol. The maximum Gasteiger partial charge on any atom is 0.355 e. The van der Waals surface area contributed by atoms with E-state index in [9.17, 15) is 13.2 Å². The van der Waals surface area contributed by atoms with Crippen LogP contribution in [0.3, 0.4) is 0 Å². The molecule has 2 aromatic heterocycles. The van der Waals surface area contributed by atoms with Crippen LogP contribution in [0.25, 0.3) is 0 Å². The standard InChI is InChI=1S/C21H26N4O4S2/c1-5-25(6-2)31(27,28)18-11-19(24(4)12-18)20(26)29-13-17-14-30-21(23-17)22-16-9-7-15(3)8-10-16/h7-12,14H,5-6,13H2,1-4H3,(H,22,23). The van der Waals surface area contributed by atoms with Gasteiger partial charge in [0.1, 0.15) is 17.2 Å². The van der Waals surface area contributed by atoms with Crippen LogP contribution in [0, 0.1) is 6.92 Å². The number of anilines is 2. The summed E-state index contributed by atoms with van der Waals surface area (Å²) < 4.78 is 33.5. The van der Waals surface area contributed by atoms with Gasteiger partial charge >= 0.3 is 5.97 Å². The number of ether oxygens (including phenoxy) is 1. The molecular weight excluding hydrogens is 436 g/mol. The van der Waals surface area contributed by atoms with Crippen molar-refractivity contribution in [3.8, 4) is 0 Å². The predicted octanol–water partition coefficient (Wildman–Crippen LogP) is 3.92. The molecule has 0 radical (unpaired) electrons. The molecule has 0 aliphatic carbocycles. The molecule has 0 atom stereocenters. The number of thiazole rings is 1. The fraction of sp³-hybridized carbons (Fsp3) is 0.333. The van der Waals surface area contributed by atoms with Crippen molar-refractivity contribution in [3.05, 3.63) is 58.9 Å². The molecule has 10 heteroatoms. The van der Waals surface area contributed by atoms with Crippen molar-refractivity contribution in [1.82, 2.24) is 13.9 Å². The predicted molar refractivity (Wildman–Crippen MR) is 121 cm³/mol. The zero-order valence-electron chi connectivity index (χ0n) is 18.0. The summed E-state index contributed by atoms with van der Waals surface area (Å²) in [5.41, 5.74) is 2.87. The van der Waals surface area contributed by atoms with Crippen LogP contribution in [0.2, 0.25) is 0 Å². The minimum absolute atomic E-state index is 0.00573. The number of aromatic nitrogens is 2. The van der Waals surface area contributed by atoms with Crippen molar-refractivity contribution < 1.29 is 17.9 Å². The van der Waals surface area contributed by atoms with E-state index in [1.165, 1.54) is 38.0 Å². The Hall–Kier alpha value is -2.69. The lowest BCUT2D eigenvalue weighted by molar-refractivity contribution is 0.0457. The lowest BCUT2D eigenvalue weighted by atomic mass is 10.2. The van der Waals surface area contributed by atoms with Crippen LogP contribution in [0.1, 0.15) is 35.6 Å². The molecular formula is C21H26N4O4S2. The van der Waals surface area contributed by atoms with E-state index >= 15 is 0 Å². The van der Waals surface area contributed by atoms with Crippen molar-refractivity contribution in [3.63, 3.8) is 0 Å². The van der Waals surface area contributed by atoms with Gasteiger partial charge in [-0.15, -0.1) is 11.3 Å². The van der Waals surface area contributed by atoms with Crippen LogP contribution in [0.5, 0.6) is 0 Å². The van der Waals surface area contributed by atoms with Crippen LogP contribution in [0.15, 0.2) is 46.8 Å². The Labute approximate surface area is 186 Å². The Morgan fingerprint density at radius 2 is 1.90 bits per heavy atom. The van der Waals surface area contributed by atoms with Gasteiger partial charge in [0.05, 0.1) is 5.69 Å². The van der Waals surface area contributed by atoms with Crippen molar-refractivity contribution >= 4 is 38.1 Å². The average molecular weight is 463 g/mol. The molecule has 0 saturated heterocycles. The van der Waals surface area contributed by atoms with E-state index in [-0.39, 0.29) is 17.2 Å². The third-order valence-corrected chi connectivity index (χ3v) is 7.56. The molecule has 3 rings (SSSR count). The van der Waals surface area contributed by atoms with E-state index in [0.29, 0.717) is 23.9 Å². The van der Waals surface area contributed by atoms with Crippen LogP contribution >= 0.6 is 11.3 Å². The van der Waals surface area contributed by atoms with E-state index in [1.807, 2.05) is 36.6 Å². The Bertz CT molecular complexity index is 1150. The van der Waals surface area contributed by atoms with E-state index < -0.39 is 16.0 Å². The minimum atomic E-state index is -3.65. The first-order valence-corrected chi connectivity index (χ1v) is 12.2. The lowest BCUT2D eigenvalue weighted by Crippen LogP contribution is -2.30. The van der Waals surface area contributed by atoms with Gasteiger partial charge in [-0.1, -0.05) is 31.5 Å². The minimum Gasteiger partial charge on any atom is -0.454 e. The fourth-order valence-corrected chi connectivity index (χ4v) is 5.24. The first-order chi connectivity index (χ1) is 14.7. The molecule has 31 heavy (non-hydrogen) atoms. The smallest absolute Gasteiger partial charge is 0.355 e. The maximum absolute atomic E-state index is 12.7. The molecule has 0 aliphatic rings. The van der Waals surface area contributed by atoms with Gasteiger partial charge < -0.3 is 14.6 Å². The first kappa shape index (κ1) is 23.0. The number of hydrogen-bond donors (Lipinski definition) is 1. The number of hydrogen-bond acceptors (Lipinski definition) is 7. The summed E-state index contributed by atoms with van der Waals surface area (Å²) in [6.45, 7) is 6.28. The molecule has 0 bridgehead atoms. The third kappa shape index (κ3) is 5.33. The fourth-order valence-electron chi connectivity index (χ4n) is 3.00. The number of nitrogens with one attached hydrogen (secondary N) is 1. The topological polar surface area (TPSA) is 93.5 Å². The SMILES string of the molecule is CCN(CC)S(=O)(=O)c1cc(C(=O)OCc2csc(Nc3ccc(C)cc3)n2)n(C)c1.